The summed E-state index contributed by atoms with van der Waals surface area (Å²) in [5, 5.41) is 32.8. The van der Waals surface area contributed by atoms with Gasteiger partial charge in [0.1, 0.15) is 22.7 Å². The molecule has 0 radical (unpaired) electrons. The Morgan fingerprint density at radius 2 is 0.769 bits per heavy atom. The SMILES string of the molecule is CCCCCCCCCCCC(=O)OC.CCCCCCCCCCCC(C)(C)O.CCCCCCCCCCCC(C)(C)OC(=O)NCCCS(=O)(=O)[O-].CCCCCCCCCCCC(C)(C)OC(=O)Oc1ccc([N+](=O)[O-])cc1.NCCCS(=O)(=O)[O-].O=C(Cl)Oc1ccc([N+](=O)[O-])cc1.[CH3-].[Cl-].[Mg+2].[Na+].[Na+]. The Bertz CT molecular complexity index is 2670. The monoisotopic (exact) mass is 1640 g/mol. The van der Waals surface area contributed by atoms with Gasteiger partial charge in [-0.25, -0.2) is 31.2 Å². The van der Waals surface area contributed by atoms with Gasteiger partial charge < -0.3 is 68.8 Å². The van der Waals surface area contributed by atoms with Crippen LogP contribution in [-0.4, -0.2) is 136 Å². The van der Waals surface area contributed by atoms with E-state index in [1.54, 1.807) is 0 Å². The first-order valence-electron chi connectivity index (χ1n) is 38.1. The van der Waals surface area contributed by atoms with Crippen LogP contribution in [0, 0.1) is 27.7 Å². The van der Waals surface area contributed by atoms with Crippen LogP contribution in [0.25, 0.3) is 0 Å². The van der Waals surface area contributed by atoms with Gasteiger partial charge in [0.05, 0.1) is 42.8 Å². The van der Waals surface area contributed by atoms with Crippen LogP contribution >= 0.6 is 11.6 Å². The number of nitrogens with one attached hydrogen (secondary N) is 1. The fourth-order valence-corrected chi connectivity index (χ4v) is 11.2. The molecule has 108 heavy (non-hydrogen) atoms. The van der Waals surface area contributed by atoms with Gasteiger partial charge in [-0.2, -0.15) is 0 Å². The number of nitrogens with zero attached hydrogens (tertiary/aromatic N) is 2. The molecule has 2 aromatic carbocycles. The number of non-ortho nitro benzene ring substituents is 2. The van der Waals surface area contributed by atoms with E-state index in [1.807, 2.05) is 41.5 Å². The number of carbonyl (C=O) groups excluding carboxylic acids is 4. The van der Waals surface area contributed by atoms with Crippen molar-refractivity contribution in [1.29, 1.82) is 0 Å². The topological polar surface area (TPSA) is 373 Å². The number of nitrogens with two attached hydrogens (primary N) is 1. The first kappa shape index (κ1) is 124. The number of unbranched alkanes of at least 4 members (excludes halogenated alkanes) is 32. The number of rotatable bonds is 53. The molecule has 1 amide bonds. The van der Waals surface area contributed by atoms with Crippen LogP contribution in [0.2, 0.25) is 0 Å². The third kappa shape index (κ3) is 98.0. The van der Waals surface area contributed by atoms with Gasteiger partial charge in [-0.1, -0.05) is 240 Å². The Hall–Kier alpha value is -2.19. The fourth-order valence-electron chi connectivity index (χ4n) is 10.1. The molecule has 0 bridgehead atoms. The van der Waals surface area contributed by atoms with Crippen LogP contribution < -0.4 is 92.0 Å². The van der Waals surface area contributed by atoms with Crippen molar-refractivity contribution in [2.24, 2.45) is 5.73 Å². The summed E-state index contributed by atoms with van der Waals surface area (Å²) in [5.41, 5.74) is 2.22. The molecule has 0 aliphatic rings. The van der Waals surface area contributed by atoms with E-state index in [9.17, 15) is 70.5 Å². The molecule has 0 aromatic heterocycles. The van der Waals surface area contributed by atoms with Crippen LogP contribution in [0.4, 0.5) is 25.8 Å². The zero-order valence-corrected chi connectivity index (χ0v) is 77.7. The van der Waals surface area contributed by atoms with E-state index >= 15 is 0 Å². The molecule has 24 nitrogen and oxygen atoms in total. The first-order valence-corrected chi connectivity index (χ1v) is 41.7. The summed E-state index contributed by atoms with van der Waals surface area (Å²) in [6.45, 7) is 20.6. The predicted octanol–water partition coefficient (Wildman–Crippen LogP) is 12.2. The zero-order valence-electron chi connectivity index (χ0n) is 69.1. The van der Waals surface area contributed by atoms with E-state index in [0.717, 1.165) is 51.4 Å². The number of aliphatic hydroxyl groups is 1. The molecule has 0 spiro atoms. The molecule has 0 saturated carbocycles. The number of alkyl carbamates (subject to hydrolysis) is 1. The minimum Gasteiger partial charge on any atom is -1.00 e. The Labute approximate surface area is 724 Å². The molecule has 618 valence electrons. The van der Waals surface area contributed by atoms with E-state index in [0.29, 0.717) is 6.42 Å². The van der Waals surface area contributed by atoms with Crippen molar-refractivity contribution >= 4 is 89.9 Å². The normalized spacial score (nSPS) is 10.7. The van der Waals surface area contributed by atoms with E-state index in [4.69, 9.17) is 31.5 Å². The minimum absolute atomic E-state index is 0. The maximum atomic E-state index is 11.9. The predicted molar refractivity (Wildman–Crippen MR) is 423 cm³/mol. The maximum absolute atomic E-state index is 11.9. The molecule has 4 N–H and O–H groups in total. The Kier molecular flexibility index (Phi) is 93.4. The van der Waals surface area contributed by atoms with Crippen LogP contribution in [0.5, 0.6) is 11.5 Å². The summed E-state index contributed by atoms with van der Waals surface area (Å²) in [4.78, 5) is 64.4. The largest absolute Gasteiger partial charge is 2.00 e. The second-order valence-corrected chi connectivity index (χ2v) is 31.2. The molecule has 0 aliphatic carbocycles. The molecule has 0 fully saturated rings. The van der Waals surface area contributed by atoms with Crippen molar-refractivity contribution in [3.05, 3.63) is 76.2 Å². The standard InChI is InChI=1S/C21H33NO5.C18H37NO5S.C14H30O.C13H26O2.C7H4ClNO4.C3H9NO3S.CH3.ClH.Mg.2Na/c1-4-5-6-7-8-9-10-11-12-17-21(2,3)27-20(23)26-19-15-13-18(14-16-19)22(24)25;1-4-5-6-7-8-9-10-11-12-14-18(2,3)24-17(20)19-15-13-16-25(21,22)23;1-4-5-6-7-8-9-10-11-12-13-14(2,3)15;1-3-4-5-6-7-8-9-10-11-12-13(14)15-2;8-7(10)13-6-3-1-5(2-4-6)9(11)12;4-2-1-3-8(5,6)7;;;;;/h13-16H,4-12,17H2,1-3H3;4-16H2,1-3H3,(H,19,20)(H,21,22,23);15H,4-13H2,1-3H3;3-12H2,1-2H3;1-4H;1-4H2,(H,5,6,7);1H3;1H;;;/q;;;;;;-1;;+2;2*+1/p-3. The summed E-state index contributed by atoms with van der Waals surface area (Å²) in [6.07, 6.45) is 48.3. The molecule has 2 aromatic rings. The van der Waals surface area contributed by atoms with Gasteiger partial charge in [0.25, 0.3) is 11.4 Å². The molecule has 2 rings (SSSR count). The number of nitro groups is 2. The Morgan fingerprint density at radius 3 is 1.05 bits per heavy atom. The number of nitro benzene ring substituents is 2. The van der Waals surface area contributed by atoms with Gasteiger partial charge in [0, 0.05) is 60.3 Å². The van der Waals surface area contributed by atoms with Crippen molar-refractivity contribution in [1.82, 2.24) is 5.32 Å². The molecule has 0 saturated heterocycles. The van der Waals surface area contributed by atoms with E-state index in [-0.39, 0.29) is 163 Å². The molecule has 0 aliphatic heterocycles. The number of hydrogen-bond donors (Lipinski definition) is 3. The molecule has 0 unspecified atom stereocenters. The number of hydrogen-bond acceptors (Lipinski definition) is 21. The summed E-state index contributed by atoms with van der Waals surface area (Å²) in [7, 11) is -6.79. The number of benzene rings is 2. The second kappa shape index (κ2) is 81.4. The number of amides is 1. The van der Waals surface area contributed by atoms with Crippen molar-refractivity contribution in [3.63, 3.8) is 0 Å². The second-order valence-electron chi connectivity index (χ2n) is 27.9. The summed E-state index contributed by atoms with van der Waals surface area (Å²) in [6, 6.07) is 10.4. The van der Waals surface area contributed by atoms with Gasteiger partial charge >= 0.3 is 106 Å². The molecule has 0 heterocycles. The van der Waals surface area contributed by atoms with Crippen molar-refractivity contribution in [2.75, 3.05) is 31.7 Å². The van der Waals surface area contributed by atoms with Gasteiger partial charge in [0.15, 0.2) is 0 Å². The Morgan fingerprint density at radius 1 is 0.481 bits per heavy atom. The van der Waals surface area contributed by atoms with Gasteiger partial charge in [-0.15, -0.1) is 0 Å². The van der Waals surface area contributed by atoms with Gasteiger partial charge in [-0.3, -0.25) is 25.0 Å². The third-order valence-corrected chi connectivity index (χ3v) is 17.7. The molecule has 0 atom stereocenters. The van der Waals surface area contributed by atoms with Crippen molar-refractivity contribution < 1.29 is 155 Å². The number of methoxy groups -OCH3 is 1. The molecule has 31 heteroatoms. The van der Waals surface area contributed by atoms with Gasteiger partial charge in [-0.05, 0) is 124 Å². The summed E-state index contributed by atoms with van der Waals surface area (Å²) < 4.78 is 85.6. The van der Waals surface area contributed by atoms with Crippen LogP contribution in [0.15, 0.2) is 48.5 Å². The first-order chi connectivity index (χ1) is 48.5. The van der Waals surface area contributed by atoms with Crippen molar-refractivity contribution in [3.8, 4) is 11.5 Å². The van der Waals surface area contributed by atoms with E-state index in [1.165, 1.54) is 255 Å². The molecular formula is C77H140Cl2MgN4Na2O20S2. The average Bonchev–Trinajstić information content (AvgIpc) is 0.884. The Balaban J connectivity index is -0.000000160. The quantitative estimate of drug-likeness (QED) is 0.00529. The van der Waals surface area contributed by atoms with Crippen LogP contribution in [0.3, 0.4) is 0 Å². The zero-order chi connectivity index (χ0) is 78.7. The van der Waals surface area contributed by atoms with Crippen LogP contribution in [-0.2, 0) is 39.2 Å². The number of carbonyl (C=O) groups is 4. The number of halogens is 2. The van der Waals surface area contributed by atoms with Crippen LogP contribution in [0.1, 0.15) is 339 Å². The van der Waals surface area contributed by atoms with Crippen molar-refractivity contribution in [2.45, 2.75) is 356 Å². The summed E-state index contributed by atoms with van der Waals surface area (Å²) >= 11 is 4.92. The minimum atomic E-state index is -4.23. The molecular weight excluding hydrogens is 1510 g/mol. The van der Waals surface area contributed by atoms with E-state index in [2.05, 4.69) is 42.5 Å². The maximum Gasteiger partial charge on any atom is 2.00 e. The van der Waals surface area contributed by atoms with Gasteiger partial charge in [0.2, 0.25) is 0 Å². The average molecular weight is 1650 g/mol. The third-order valence-electron chi connectivity index (χ3n) is 16.0. The number of ether oxygens (including phenoxy) is 5. The van der Waals surface area contributed by atoms with E-state index < -0.39 is 70.3 Å². The smallest absolute Gasteiger partial charge is 1.00 e. The fraction of sp³-hybridized carbons (Fsp3) is 0.779. The number of esters is 1. The summed E-state index contributed by atoms with van der Waals surface area (Å²) in [5.74, 6) is -0.494.